The minimum absolute atomic E-state index is 0.0459. The smallest absolute Gasteiger partial charge is 0.329 e. The second-order valence-corrected chi connectivity index (χ2v) is 6.37. The molecule has 1 aliphatic rings. The Hall–Kier alpha value is -3.88. The second kappa shape index (κ2) is 9.08. The number of nitrogens with zero attached hydrogens (tertiary/aromatic N) is 1. The predicted molar refractivity (Wildman–Crippen MR) is 106 cm³/mol. The third-order valence-corrected chi connectivity index (χ3v) is 4.20. The van der Waals surface area contributed by atoms with Crippen molar-refractivity contribution in [3.63, 3.8) is 0 Å². The van der Waals surface area contributed by atoms with Gasteiger partial charge in [0.05, 0.1) is 13.2 Å². The molecule has 1 aliphatic heterocycles. The molecule has 0 aromatic heterocycles. The van der Waals surface area contributed by atoms with Crippen molar-refractivity contribution in [2.75, 3.05) is 13.2 Å². The maximum absolute atomic E-state index is 13.9. The van der Waals surface area contributed by atoms with E-state index in [1.54, 1.807) is 31.2 Å². The lowest BCUT2D eigenvalue weighted by atomic mass is 10.1. The van der Waals surface area contributed by atoms with Gasteiger partial charge in [-0.1, -0.05) is 24.3 Å². The lowest BCUT2D eigenvalue weighted by Gasteiger charge is -2.12. The number of nitrogens with one attached hydrogen (secondary N) is 1. The van der Waals surface area contributed by atoms with Gasteiger partial charge in [0.1, 0.15) is 11.5 Å². The fourth-order valence-corrected chi connectivity index (χ4v) is 2.83. The molecule has 8 nitrogen and oxygen atoms in total. The van der Waals surface area contributed by atoms with E-state index in [-0.39, 0.29) is 24.4 Å². The Kier molecular flexibility index (Phi) is 6.31. The molecule has 0 unspecified atom stereocenters. The number of nitrogens with two attached hydrogens (primary N) is 1. The van der Waals surface area contributed by atoms with E-state index in [1.807, 2.05) is 0 Å². The van der Waals surface area contributed by atoms with Crippen LogP contribution in [0, 0.1) is 5.82 Å². The largest absolute Gasteiger partial charge is 0.490 e. The summed E-state index contributed by atoms with van der Waals surface area (Å²) in [7, 11) is 0. The Morgan fingerprint density at radius 3 is 2.63 bits per heavy atom. The van der Waals surface area contributed by atoms with E-state index >= 15 is 0 Å². The van der Waals surface area contributed by atoms with Crippen LogP contribution in [0.1, 0.15) is 18.1 Å². The fraction of sp³-hybridized carbons (Fsp3) is 0.190. The Morgan fingerprint density at radius 1 is 1.17 bits per heavy atom. The molecule has 30 heavy (non-hydrogen) atoms. The first-order valence-electron chi connectivity index (χ1n) is 9.15. The van der Waals surface area contributed by atoms with Crippen LogP contribution in [0.3, 0.4) is 0 Å². The topological polar surface area (TPSA) is 111 Å². The molecule has 1 fully saturated rings. The van der Waals surface area contributed by atoms with Crippen molar-refractivity contribution in [2.24, 2.45) is 5.73 Å². The Bertz CT molecular complexity index is 1020. The SMILES string of the molecule is CCOc1cc(/C=C2\NC(=O)N(Cc3ccccc3F)C2=O)ccc1OCC(N)=O. The number of rotatable bonds is 8. The highest BCUT2D eigenvalue weighted by atomic mass is 19.1. The number of carbonyl (C=O) groups is 3. The first-order valence-corrected chi connectivity index (χ1v) is 9.15. The molecule has 2 aromatic carbocycles. The van der Waals surface area contributed by atoms with Gasteiger partial charge >= 0.3 is 6.03 Å². The molecule has 0 radical (unpaired) electrons. The summed E-state index contributed by atoms with van der Waals surface area (Å²) >= 11 is 0. The van der Waals surface area contributed by atoms with Gasteiger partial charge in [0.25, 0.3) is 11.8 Å². The van der Waals surface area contributed by atoms with Gasteiger partial charge < -0.3 is 20.5 Å². The zero-order chi connectivity index (χ0) is 21.7. The van der Waals surface area contributed by atoms with E-state index in [2.05, 4.69) is 5.32 Å². The second-order valence-electron chi connectivity index (χ2n) is 6.37. The Morgan fingerprint density at radius 2 is 1.93 bits per heavy atom. The molecule has 2 aromatic rings. The van der Waals surface area contributed by atoms with Gasteiger partial charge in [-0.15, -0.1) is 0 Å². The number of ether oxygens (including phenoxy) is 2. The predicted octanol–water partition coefficient (Wildman–Crippen LogP) is 2.18. The van der Waals surface area contributed by atoms with E-state index in [9.17, 15) is 18.8 Å². The molecule has 0 spiro atoms. The number of hydrogen-bond acceptors (Lipinski definition) is 5. The maximum atomic E-state index is 13.9. The summed E-state index contributed by atoms with van der Waals surface area (Å²) in [5, 5.41) is 2.49. The van der Waals surface area contributed by atoms with Gasteiger partial charge in [0.2, 0.25) is 0 Å². The van der Waals surface area contributed by atoms with Crippen LogP contribution in [0.5, 0.6) is 11.5 Å². The van der Waals surface area contributed by atoms with Gasteiger partial charge in [-0.3, -0.25) is 14.5 Å². The van der Waals surface area contributed by atoms with E-state index < -0.39 is 23.7 Å². The molecule has 4 amide bonds. The van der Waals surface area contributed by atoms with Crippen LogP contribution in [0.4, 0.5) is 9.18 Å². The van der Waals surface area contributed by atoms with Crippen molar-refractivity contribution in [3.05, 3.63) is 65.1 Å². The highest BCUT2D eigenvalue weighted by Gasteiger charge is 2.34. The zero-order valence-electron chi connectivity index (χ0n) is 16.2. The average Bonchev–Trinajstić information content (AvgIpc) is 2.96. The van der Waals surface area contributed by atoms with Crippen molar-refractivity contribution < 1.29 is 28.2 Å². The molecule has 0 bridgehead atoms. The van der Waals surface area contributed by atoms with Crippen LogP contribution in [0.15, 0.2) is 48.2 Å². The van der Waals surface area contributed by atoms with Crippen molar-refractivity contribution in [1.29, 1.82) is 0 Å². The summed E-state index contributed by atoms with van der Waals surface area (Å²) in [4.78, 5) is 36.7. The van der Waals surface area contributed by atoms with Gasteiger partial charge in [0.15, 0.2) is 18.1 Å². The summed E-state index contributed by atoms with van der Waals surface area (Å²) in [5.74, 6) is -1.02. The van der Waals surface area contributed by atoms with Crippen molar-refractivity contribution in [1.82, 2.24) is 10.2 Å². The highest BCUT2D eigenvalue weighted by molar-refractivity contribution is 6.13. The number of primary amides is 1. The molecule has 1 heterocycles. The molecular weight excluding hydrogens is 393 g/mol. The zero-order valence-corrected chi connectivity index (χ0v) is 16.2. The van der Waals surface area contributed by atoms with Crippen LogP contribution >= 0.6 is 0 Å². The third kappa shape index (κ3) is 4.75. The van der Waals surface area contributed by atoms with Crippen LogP contribution < -0.4 is 20.5 Å². The van der Waals surface area contributed by atoms with Crippen LogP contribution in [0.2, 0.25) is 0 Å². The van der Waals surface area contributed by atoms with Gasteiger partial charge in [-0.25, -0.2) is 9.18 Å². The van der Waals surface area contributed by atoms with E-state index in [4.69, 9.17) is 15.2 Å². The standard InChI is InChI=1S/C21H20FN3O5/c1-2-29-18-10-13(7-8-17(18)30-12-19(23)26)9-16-20(27)25(21(28)24-16)11-14-5-3-4-6-15(14)22/h3-10H,2,11-12H2,1H3,(H2,23,26)(H,24,28)/b16-9-. The summed E-state index contributed by atoms with van der Waals surface area (Å²) in [6, 6.07) is 10.1. The lowest BCUT2D eigenvalue weighted by Crippen LogP contribution is -2.30. The fourth-order valence-electron chi connectivity index (χ4n) is 2.83. The summed E-state index contributed by atoms with van der Waals surface area (Å²) in [6.45, 7) is 1.64. The molecule has 3 N–H and O–H groups in total. The Labute approximate surface area is 172 Å². The van der Waals surface area contributed by atoms with Crippen molar-refractivity contribution in [3.8, 4) is 11.5 Å². The average molecular weight is 413 g/mol. The van der Waals surface area contributed by atoms with Crippen LogP contribution in [-0.4, -0.2) is 36.0 Å². The number of halogens is 1. The quantitative estimate of drug-likeness (QED) is 0.509. The number of benzene rings is 2. The van der Waals surface area contributed by atoms with Gasteiger partial charge in [-0.2, -0.15) is 0 Å². The molecule has 3 rings (SSSR count). The monoisotopic (exact) mass is 413 g/mol. The molecule has 0 saturated carbocycles. The molecular formula is C21H20FN3O5. The minimum atomic E-state index is -0.638. The number of hydrogen-bond donors (Lipinski definition) is 2. The van der Waals surface area contributed by atoms with E-state index in [1.165, 1.54) is 24.3 Å². The molecule has 1 saturated heterocycles. The van der Waals surface area contributed by atoms with Gasteiger partial charge in [0, 0.05) is 5.56 Å². The summed E-state index contributed by atoms with van der Waals surface area (Å²) in [6.07, 6.45) is 1.47. The number of imide groups is 1. The third-order valence-electron chi connectivity index (χ3n) is 4.20. The first kappa shape index (κ1) is 20.8. The van der Waals surface area contributed by atoms with Crippen molar-refractivity contribution in [2.45, 2.75) is 13.5 Å². The first-order chi connectivity index (χ1) is 14.4. The summed E-state index contributed by atoms with van der Waals surface area (Å²) in [5.41, 5.74) is 5.92. The maximum Gasteiger partial charge on any atom is 0.329 e. The van der Waals surface area contributed by atoms with Gasteiger partial charge in [-0.05, 0) is 36.8 Å². The Balaban J connectivity index is 1.81. The molecule has 0 atom stereocenters. The normalized spacial score (nSPS) is 14.7. The molecule has 9 heteroatoms. The summed E-state index contributed by atoms with van der Waals surface area (Å²) < 4.78 is 24.7. The van der Waals surface area contributed by atoms with Crippen molar-refractivity contribution >= 4 is 23.9 Å². The van der Waals surface area contributed by atoms with Crippen LogP contribution in [0.25, 0.3) is 6.08 Å². The van der Waals surface area contributed by atoms with E-state index in [0.717, 1.165) is 4.90 Å². The highest BCUT2D eigenvalue weighted by Crippen LogP contribution is 2.30. The molecule has 156 valence electrons. The van der Waals surface area contributed by atoms with Crippen LogP contribution in [-0.2, 0) is 16.1 Å². The minimum Gasteiger partial charge on any atom is -0.490 e. The van der Waals surface area contributed by atoms with E-state index in [0.29, 0.717) is 23.7 Å². The number of urea groups is 1. The number of amides is 4. The lowest BCUT2D eigenvalue weighted by molar-refractivity contribution is -0.123. The number of carbonyl (C=O) groups excluding carboxylic acids is 3. The molecule has 0 aliphatic carbocycles.